The van der Waals surface area contributed by atoms with E-state index in [9.17, 15) is 48.3 Å². The van der Waals surface area contributed by atoms with Gasteiger partial charge in [0.15, 0.2) is 5.78 Å². The number of primary amides is 1. The first kappa shape index (κ1) is 72.9. The molecule has 4 aromatic carbocycles. The lowest BCUT2D eigenvalue weighted by molar-refractivity contribution is -0.144. The molecule has 1 unspecified atom stereocenters. The predicted octanol–water partition coefficient (Wildman–Crippen LogP) is 8.96. The van der Waals surface area contributed by atoms with E-state index in [0.29, 0.717) is 45.7 Å². The van der Waals surface area contributed by atoms with Crippen molar-refractivity contribution in [2.45, 2.75) is 171 Å². The van der Waals surface area contributed by atoms with Gasteiger partial charge < -0.3 is 46.6 Å². The zero-order valence-electron chi connectivity index (χ0n) is 55.3. The van der Waals surface area contributed by atoms with Gasteiger partial charge in [0, 0.05) is 67.3 Å². The van der Waals surface area contributed by atoms with E-state index in [1.807, 2.05) is 137 Å². The second-order valence-corrected chi connectivity index (χ2v) is 25.3. The van der Waals surface area contributed by atoms with Crippen molar-refractivity contribution in [3.05, 3.63) is 137 Å². The summed E-state index contributed by atoms with van der Waals surface area (Å²) in [5.41, 5.74) is 10.8. The van der Waals surface area contributed by atoms with E-state index in [2.05, 4.69) is 36.7 Å². The van der Waals surface area contributed by atoms with E-state index in [0.717, 1.165) is 16.7 Å². The number of hydrogen-bond donors (Lipinski definition) is 7. The highest BCUT2D eigenvalue weighted by Crippen LogP contribution is 2.40. The monoisotopic (exact) mass is 1250 g/mol. The number of carboxylic acids is 1. The number of likely N-dealkylation sites (N-methyl/N-ethyl adjacent to an activating group) is 2. The van der Waals surface area contributed by atoms with Crippen LogP contribution in [0.2, 0.25) is 0 Å². The molecule has 0 spiro atoms. The summed E-state index contributed by atoms with van der Waals surface area (Å²) in [6.07, 6.45) is 1.53. The molecule has 490 valence electrons. The summed E-state index contributed by atoms with van der Waals surface area (Å²) in [6, 6.07) is 25.3. The predicted molar refractivity (Wildman–Crippen MR) is 351 cm³/mol. The van der Waals surface area contributed by atoms with Crippen molar-refractivity contribution in [1.82, 2.24) is 41.6 Å². The van der Waals surface area contributed by atoms with Gasteiger partial charge in [-0.05, 0) is 77.9 Å². The minimum Gasteiger partial charge on any atom is -0.478 e. The number of nitrogens with two attached hydrogens (primary N) is 1. The quantitative estimate of drug-likeness (QED) is 0.0134. The Hall–Kier alpha value is -8.85. The Morgan fingerprint density at radius 3 is 2.00 bits per heavy atom. The summed E-state index contributed by atoms with van der Waals surface area (Å²) in [5, 5.41) is 32.7. The average molecular weight is 1250 g/mol. The SMILES string of the molecule is CC.CN[C@H](C(=O)N[C@H](C(=O)N(C)[C@H](/C=C(\C)C(=O)O)C(C)C)C(C)(C)C)C(C)(C)c1cccc(CC(=O)OCc2ccc(CC(=O)[C@H](CCCNC(N)=O)NC(=O)C(CC(=O)CCC(=O)N3Cc4ccccc4-c4n[nH]nc4-c4ccccc43)C(C)C)cc2)c1. The number of fused-ring (bicyclic) bond motifs is 5. The van der Waals surface area contributed by atoms with Crippen molar-refractivity contribution in [2.75, 3.05) is 25.5 Å². The van der Waals surface area contributed by atoms with Gasteiger partial charge in [-0.2, -0.15) is 15.4 Å². The molecule has 0 bridgehead atoms. The number of rotatable bonds is 29. The van der Waals surface area contributed by atoms with Crippen LogP contribution in [0.4, 0.5) is 10.5 Å². The fourth-order valence-electron chi connectivity index (χ4n) is 11.2. The van der Waals surface area contributed by atoms with E-state index < -0.39 is 70.7 Å². The maximum atomic E-state index is 14.3. The number of hydrogen-bond acceptors (Lipinski definition) is 13. The number of nitrogens with one attached hydrogen (secondary N) is 5. The van der Waals surface area contributed by atoms with Gasteiger partial charge in [-0.1, -0.05) is 173 Å². The minimum absolute atomic E-state index is 0.0587. The number of anilines is 1. The van der Waals surface area contributed by atoms with Crippen LogP contribution in [0.5, 0.6) is 0 Å². The Morgan fingerprint density at radius 1 is 0.758 bits per heavy atom. The number of para-hydroxylation sites is 1. The summed E-state index contributed by atoms with van der Waals surface area (Å²) < 4.78 is 5.70. The summed E-state index contributed by atoms with van der Waals surface area (Å²) >= 11 is 0. The third-order valence-electron chi connectivity index (χ3n) is 16.5. The molecule has 1 aliphatic rings. The molecule has 2 heterocycles. The second-order valence-electron chi connectivity index (χ2n) is 25.3. The molecule has 1 aliphatic heterocycles. The van der Waals surface area contributed by atoms with E-state index in [4.69, 9.17) is 10.5 Å². The molecule has 0 aliphatic carbocycles. The highest BCUT2D eigenvalue weighted by Gasteiger charge is 2.42. The van der Waals surface area contributed by atoms with Crippen LogP contribution in [-0.4, -0.2) is 123 Å². The van der Waals surface area contributed by atoms with E-state index in [1.54, 1.807) is 61.5 Å². The number of aliphatic carboxylic acids is 1. The standard InChI is InChI=1S/C68H88N10O11.C2H6/c1-40(2)51(37-48(79)30-31-56(81)78-38-46-20-13-14-22-49(46)58-59(75-76-74-58)50-23-15-16-25-53(50)78)62(83)72-52(24-18-32-71-66(69)88)55(80)35-43-26-28-44(29-27-43)39-89-57(82)36-45-19-17-21-47(34-45)68(9,10)60(70-11)63(84)73-61(67(6,7)8)64(85)77(12)54(41(3)4)33-42(5)65(86)87;1-2/h13-17,19-23,25-29,33-34,40-41,51-52,54,60-61,70H,18,24,30-32,35-39H2,1-12H3,(H,72,83)(H,73,84)(H,86,87)(H3,69,71,88)(H,74,75,76);1-2H3/b42-33+;/t51?,52-,54+,60+,61+;/m0./s1. The molecular weight excluding hydrogens is 1160 g/mol. The fraction of sp³-hybridized carbons (Fsp3) is 0.471. The number of ketones is 2. The molecule has 6 rings (SSSR count). The molecule has 0 saturated heterocycles. The van der Waals surface area contributed by atoms with Crippen LogP contribution in [0.3, 0.4) is 0 Å². The molecular formula is C70H94N10O11. The number of carbonyl (C=O) groups excluding carboxylic acids is 8. The number of carboxylic acid groups (broad SMARTS) is 1. The van der Waals surface area contributed by atoms with Crippen LogP contribution in [0, 0.1) is 23.2 Å². The number of esters is 1. The summed E-state index contributed by atoms with van der Waals surface area (Å²) in [6.45, 7) is 22.6. The minimum atomic E-state index is -1.08. The van der Waals surface area contributed by atoms with Crippen molar-refractivity contribution in [2.24, 2.45) is 28.9 Å². The zero-order chi connectivity index (χ0) is 67.5. The lowest BCUT2D eigenvalue weighted by Crippen LogP contribution is -2.61. The number of carbonyl (C=O) groups is 9. The van der Waals surface area contributed by atoms with Gasteiger partial charge in [0.2, 0.25) is 23.6 Å². The zero-order valence-corrected chi connectivity index (χ0v) is 55.3. The molecule has 21 heteroatoms. The van der Waals surface area contributed by atoms with Crippen LogP contribution in [-0.2, 0) is 74.5 Å². The molecule has 5 atom stereocenters. The molecule has 21 nitrogen and oxygen atoms in total. The van der Waals surface area contributed by atoms with Crippen LogP contribution in [0.15, 0.2) is 109 Å². The molecule has 0 radical (unpaired) electrons. The Bertz CT molecular complexity index is 3400. The van der Waals surface area contributed by atoms with Gasteiger partial charge in [0.1, 0.15) is 29.8 Å². The highest BCUT2D eigenvalue weighted by atomic mass is 16.5. The number of amides is 6. The topological polar surface area (TPSA) is 305 Å². The maximum absolute atomic E-state index is 14.3. The molecule has 0 fully saturated rings. The van der Waals surface area contributed by atoms with Gasteiger partial charge in [-0.25, -0.2) is 9.59 Å². The fourth-order valence-corrected chi connectivity index (χ4v) is 11.2. The summed E-state index contributed by atoms with van der Waals surface area (Å²) in [4.78, 5) is 124. The Balaban J connectivity index is 0.00000744. The van der Waals surface area contributed by atoms with Crippen molar-refractivity contribution in [1.29, 1.82) is 0 Å². The lowest BCUT2D eigenvalue weighted by atomic mass is 9.76. The smallest absolute Gasteiger partial charge is 0.331 e. The first-order chi connectivity index (χ1) is 43.0. The lowest BCUT2D eigenvalue weighted by Gasteiger charge is -2.40. The van der Waals surface area contributed by atoms with E-state index in [-0.39, 0.29) is 99.0 Å². The molecule has 91 heavy (non-hydrogen) atoms. The van der Waals surface area contributed by atoms with Gasteiger partial charge in [0.25, 0.3) is 0 Å². The van der Waals surface area contributed by atoms with Crippen molar-refractivity contribution in [3.8, 4) is 22.5 Å². The Labute approximate surface area is 535 Å². The normalized spacial score (nSPS) is 13.8. The second kappa shape index (κ2) is 33.3. The van der Waals surface area contributed by atoms with Gasteiger partial charge in [-0.3, -0.25) is 33.6 Å². The third-order valence-corrected chi connectivity index (χ3v) is 16.5. The number of aromatic nitrogens is 3. The Kier molecular flexibility index (Phi) is 26.7. The molecule has 5 aromatic rings. The molecule has 0 saturated carbocycles. The van der Waals surface area contributed by atoms with Gasteiger partial charge in [-0.15, -0.1) is 0 Å². The van der Waals surface area contributed by atoms with Crippen molar-refractivity contribution in [3.63, 3.8) is 0 Å². The molecule has 8 N–H and O–H groups in total. The van der Waals surface area contributed by atoms with E-state index in [1.165, 1.54) is 11.8 Å². The van der Waals surface area contributed by atoms with Crippen LogP contribution in [0.1, 0.15) is 143 Å². The Morgan fingerprint density at radius 2 is 1.38 bits per heavy atom. The first-order valence-electron chi connectivity index (χ1n) is 31.3. The van der Waals surface area contributed by atoms with Crippen LogP contribution < -0.4 is 31.9 Å². The summed E-state index contributed by atoms with van der Waals surface area (Å²) in [5.74, 6) is -4.96. The van der Waals surface area contributed by atoms with E-state index >= 15 is 0 Å². The number of aromatic amines is 1. The number of benzene rings is 4. The number of H-pyrrole nitrogens is 1. The third kappa shape index (κ3) is 19.8. The van der Waals surface area contributed by atoms with Crippen molar-refractivity contribution >= 4 is 58.9 Å². The number of ether oxygens (including phenoxy) is 1. The number of nitrogens with zero attached hydrogens (tertiary/aromatic N) is 4. The van der Waals surface area contributed by atoms with Crippen molar-refractivity contribution < 1.29 is 53.0 Å². The van der Waals surface area contributed by atoms with Gasteiger partial charge >= 0.3 is 18.0 Å². The molecule has 1 aromatic heterocycles. The largest absolute Gasteiger partial charge is 0.478 e. The number of Topliss-reactive ketones (excluding diaryl/α,β-unsaturated/α-hetero) is 2. The average Bonchev–Trinajstić information content (AvgIpc) is 1.88. The maximum Gasteiger partial charge on any atom is 0.331 e. The van der Waals surface area contributed by atoms with Gasteiger partial charge in [0.05, 0.1) is 36.8 Å². The summed E-state index contributed by atoms with van der Waals surface area (Å²) in [7, 11) is 3.27. The van der Waals surface area contributed by atoms with Crippen LogP contribution in [0.25, 0.3) is 22.5 Å². The highest BCUT2D eigenvalue weighted by molar-refractivity contribution is 6.02. The number of urea groups is 1. The van der Waals surface area contributed by atoms with Crippen LogP contribution >= 0.6 is 0 Å². The molecule has 6 amide bonds. The first-order valence-corrected chi connectivity index (χ1v) is 31.3.